The summed E-state index contributed by atoms with van der Waals surface area (Å²) in [5.74, 6) is 0.694. The molecule has 1 aromatic carbocycles. The first-order valence-corrected chi connectivity index (χ1v) is 9.71. The average Bonchev–Trinajstić information content (AvgIpc) is 3.42. The van der Waals surface area contributed by atoms with Crippen LogP contribution in [0.25, 0.3) is 0 Å². The molecule has 4 N–H and O–H groups in total. The molecule has 1 aliphatic heterocycles. The molecule has 1 fully saturated rings. The first-order chi connectivity index (χ1) is 14.1. The maximum Gasteiger partial charge on any atom is 0.291 e. The number of rotatable bonds is 8. The normalized spacial score (nSPS) is 19.2. The second-order valence-electron chi connectivity index (χ2n) is 7.18. The lowest BCUT2D eigenvalue weighted by Gasteiger charge is -2.27. The summed E-state index contributed by atoms with van der Waals surface area (Å²) in [5, 5.41) is 18.8. The van der Waals surface area contributed by atoms with Crippen LogP contribution in [0.15, 0.2) is 52.1 Å². The van der Waals surface area contributed by atoms with Crippen molar-refractivity contribution < 1.29 is 19.1 Å². The third kappa shape index (κ3) is 5.82. The number of aliphatic imine (C=N–C) groups is 1. The maximum absolute atomic E-state index is 12.0. The van der Waals surface area contributed by atoms with E-state index < -0.39 is 0 Å². The molecule has 1 saturated heterocycles. The first-order valence-electron chi connectivity index (χ1n) is 9.71. The van der Waals surface area contributed by atoms with Gasteiger partial charge in [-0.05, 0) is 42.7 Å². The predicted octanol–water partition coefficient (Wildman–Crippen LogP) is 1.99. The predicted molar refractivity (Wildman–Crippen MR) is 111 cm³/mol. The molecule has 0 saturated carbocycles. The third-order valence-electron chi connectivity index (χ3n) is 5.10. The number of hydrogen-bond acceptors (Lipinski definition) is 5. The highest BCUT2D eigenvalue weighted by Crippen LogP contribution is 2.31. The van der Waals surface area contributed by atoms with Gasteiger partial charge in [0, 0.05) is 44.5 Å². The molecule has 1 aliphatic rings. The number of amides is 1. The summed E-state index contributed by atoms with van der Waals surface area (Å²) in [5.41, 5.74) is 1.71. The highest BCUT2D eigenvalue weighted by Gasteiger charge is 2.34. The fraction of sp³-hybridized carbons (Fsp3) is 0.429. The van der Waals surface area contributed by atoms with Gasteiger partial charge in [-0.3, -0.25) is 9.79 Å². The molecule has 8 heteroatoms. The first kappa shape index (κ1) is 20.9. The van der Waals surface area contributed by atoms with Crippen LogP contribution in [0.2, 0.25) is 0 Å². The number of anilines is 1. The van der Waals surface area contributed by atoms with Crippen LogP contribution in [0.5, 0.6) is 0 Å². The van der Waals surface area contributed by atoms with Crippen LogP contribution in [-0.4, -0.2) is 50.4 Å². The minimum atomic E-state index is -0.279. The Kier molecular flexibility index (Phi) is 7.26. The van der Waals surface area contributed by atoms with Crippen LogP contribution in [0, 0.1) is 5.41 Å². The molecular weight excluding hydrogens is 372 g/mol. The largest absolute Gasteiger partial charge is 0.459 e. The Morgan fingerprint density at radius 1 is 1.24 bits per heavy atom. The number of benzene rings is 1. The Morgan fingerprint density at radius 3 is 2.69 bits per heavy atom. The van der Waals surface area contributed by atoms with Crippen LogP contribution in [0.1, 0.15) is 29.0 Å². The van der Waals surface area contributed by atoms with Crippen molar-refractivity contribution in [3.63, 3.8) is 0 Å². The number of carbonyl (C=O) groups is 1. The van der Waals surface area contributed by atoms with Crippen molar-refractivity contribution in [3.05, 3.63) is 54.0 Å². The quantitative estimate of drug-likeness (QED) is 0.399. The van der Waals surface area contributed by atoms with Crippen LogP contribution in [0.3, 0.4) is 0 Å². The summed E-state index contributed by atoms with van der Waals surface area (Å²) in [4.78, 5) is 16.3. The zero-order valence-electron chi connectivity index (χ0n) is 16.6. The molecule has 156 valence electrons. The number of guanidine groups is 1. The van der Waals surface area contributed by atoms with Crippen LogP contribution in [-0.2, 0) is 11.3 Å². The zero-order valence-corrected chi connectivity index (χ0v) is 16.6. The van der Waals surface area contributed by atoms with E-state index in [9.17, 15) is 9.90 Å². The van der Waals surface area contributed by atoms with Gasteiger partial charge in [0.05, 0.1) is 12.9 Å². The van der Waals surface area contributed by atoms with E-state index in [1.807, 2.05) is 24.3 Å². The Hall–Kier alpha value is -2.84. The smallest absolute Gasteiger partial charge is 0.291 e. The molecule has 2 heterocycles. The SMILES string of the molecule is CN=C(NCc1ccc(NC(=O)c2ccco2)cc1)NCC1(CCO)CCOC1. The fourth-order valence-electron chi connectivity index (χ4n) is 3.30. The number of furan rings is 1. The zero-order chi connectivity index (χ0) is 20.5. The number of nitrogens with zero attached hydrogens (tertiary/aromatic N) is 1. The number of aliphatic hydroxyl groups excluding tert-OH is 1. The van der Waals surface area contributed by atoms with Crippen LogP contribution >= 0.6 is 0 Å². The third-order valence-corrected chi connectivity index (χ3v) is 5.10. The minimum absolute atomic E-state index is 0.0415. The minimum Gasteiger partial charge on any atom is -0.459 e. The van der Waals surface area contributed by atoms with Gasteiger partial charge in [-0.1, -0.05) is 12.1 Å². The number of aliphatic hydroxyl groups is 1. The molecule has 0 spiro atoms. The van der Waals surface area contributed by atoms with Gasteiger partial charge in [-0.15, -0.1) is 0 Å². The van der Waals surface area contributed by atoms with Crippen molar-refractivity contribution in [1.82, 2.24) is 10.6 Å². The second kappa shape index (κ2) is 10.1. The lowest BCUT2D eigenvalue weighted by atomic mass is 9.84. The van der Waals surface area contributed by atoms with Crippen LogP contribution < -0.4 is 16.0 Å². The van der Waals surface area contributed by atoms with Crippen LogP contribution in [0.4, 0.5) is 5.69 Å². The molecule has 29 heavy (non-hydrogen) atoms. The Balaban J connectivity index is 1.47. The number of carbonyl (C=O) groups excluding carboxylic acids is 1. The summed E-state index contributed by atoms with van der Waals surface area (Å²) in [6.07, 6.45) is 3.11. The van der Waals surface area contributed by atoms with Gasteiger partial charge in [0.15, 0.2) is 11.7 Å². The van der Waals surface area contributed by atoms with Crippen molar-refractivity contribution in [2.75, 3.05) is 38.7 Å². The average molecular weight is 400 g/mol. The van der Waals surface area contributed by atoms with Gasteiger partial charge >= 0.3 is 0 Å². The van der Waals surface area contributed by atoms with Gasteiger partial charge in [0.25, 0.3) is 5.91 Å². The molecule has 1 amide bonds. The Labute approximate surface area is 170 Å². The second-order valence-corrected chi connectivity index (χ2v) is 7.18. The summed E-state index contributed by atoms with van der Waals surface area (Å²) >= 11 is 0. The summed E-state index contributed by atoms with van der Waals surface area (Å²) in [6, 6.07) is 10.9. The lowest BCUT2D eigenvalue weighted by molar-refractivity contribution is 0.0996. The van der Waals surface area contributed by atoms with E-state index in [0.717, 1.165) is 18.6 Å². The highest BCUT2D eigenvalue weighted by atomic mass is 16.5. The molecule has 2 aromatic rings. The molecule has 1 unspecified atom stereocenters. The van der Waals surface area contributed by atoms with Gasteiger partial charge in [0.1, 0.15) is 0 Å². The van der Waals surface area contributed by atoms with E-state index in [0.29, 0.717) is 37.8 Å². The Morgan fingerprint density at radius 2 is 2.07 bits per heavy atom. The summed E-state index contributed by atoms with van der Waals surface area (Å²) in [7, 11) is 1.73. The van der Waals surface area contributed by atoms with E-state index in [2.05, 4.69) is 20.9 Å². The van der Waals surface area contributed by atoms with Crippen molar-refractivity contribution in [2.24, 2.45) is 10.4 Å². The fourth-order valence-corrected chi connectivity index (χ4v) is 3.30. The molecule has 1 aromatic heterocycles. The maximum atomic E-state index is 12.0. The number of ether oxygens (including phenoxy) is 1. The van der Waals surface area contributed by atoms with E-state index in [-0.39, 0.29) is 23.7 Å². The van der Waals surface area contributed by atoms with Gasteiger partial charge < -0.3 is 30.2 Å². The lowest BCUT2D eigenvalue weighted by Crippen LogP contribution is -2.44. The molecule has 0 radical (unpaired) electrons. The van der Waals surface area contributed by atoms with E-state index in [4.69, 9.17) is 9.15 Å². The van der Waals surface area contributed by atoms with Gasteiger partial charge in [-0.25, -0.2) is 0 Å². The molecule has 0 bridgehead atoms. The number of nitrogens with one attached hydrogen (secondary N) is 3. The topological polar surface area (TPSA) is 108 Å². The summed E-state index contributed by atoms with van der Waals surface area (Å²) < 4.78 is 10.6. The van der Waals surface area contributed by atoms with Gasteiger partial charge in [0.2, 0.25) is 0 Å². The van der Waals surface area contributed by atoms with Crippen molar-refractivity contribution in [2.45, 2.75) is 19.4 Å². The van der Waals surface area contributed by atoms with E-state index in [1.54, 1.807) is 19.2 Å². The molecule has 0 aliphatic carbocycles. The standard InChI is InChI=1S/C21H28N4O4/c1-22-20(24-14-21(8-10-26)9-12-28-15-21)23-13-16-4-6-17(7-5-16)25-19(27)18-3-2-11-29-18/h2-7,11,26H,8-10,12-15H2,1H3,(H,25,27)(H2,22,23,24). The summed E-state index contributed by atoms with van der Waals surface area (Å²) in [6.45, 7) is 2.83. The Bertz CT molecular complexity index is 797. The van der Waals surface area contributed by atoms with Gasteiger partial charge in [-0.2, -0.15) is 0 Å². The van der Waals surface area contributed by atoms with Crippen molar-refractivity contribution in [1.29, 1.82) is 0 Å². The monoisotopic (exact) mass is 400 g/mol. The highest BCUT2D eigenvalue weighted by molar-refractivity contribution is 6.02. The van der Waals surface area contributed by atoms with Crippen molar-refractivity contribution in [3.8, 4) is 0 Å². The van der Waals surface area contributed by atoms with E-state index in [1.165, 1.54) is 6.26 Å². The molecule has 8 nitrogen and oxygen atoms in total. The molecule has 3 rings (SSSR count). The molecular formula is C21H28N4O4. The molecule has 1 atom stereocenters. The number of hydrogen-bond donors (Lipinski definition) is 4. The van der Waals surface area contributed by atoms with Crippen molar-refractivity contribution >= 4 is 17.6 Å². The van der Waals surface area contributed by atoms with E-state index >= 15 is 0 Å².